The Hall–Kier alpha value is -2.62. The lowest BCUT2D eigenvalue weighted by Gasteiger charge is -2.48. The first-order valence-corrected chi connectivity index (χ1v) is 11.9. The van der Waals surface area contributed by atoms with E-state index in [2.05, 4.69) is 90.6 Å². The maximum absolute atomic E-state index is 10.2. The molecule has 0 spiro atoms. The molecular weight excluding hydrogens is 392 g/mol. The zero-order chi connectivity index (χ0) is 22.4. The second-order valence-electron chi connectivity index (χ2n) is 9.37. The number of hydrogen-bond donors (Lipinski definition) is 1. The van der Waals surface area contributed by atoms with Crippen LogP contribution in [0.3, 0.4) is 0 Å². The Labute approximate surface area is 193 Å². The van der Waals surface area contributed by atoms with Crippen molar-refractivity contribution in [1.82, 2.24) is 9.80 Å². The standard InChI is InChI=1S/C29H36N2O/c1-30(21-18-24-10-5-3-6-11-24)27-16-19-29(20-17-27,26-14-9-15-28(32)22-26)31(2)23-25-12-7-4-8-13-25/h3-15,22,27,32H,16-21,23H2,1-2H3. The van der Waals surface area contributed by atoms with E-state index in [1.54, 1.807) is 6.07 Å². The lowest BCUT2D eigenvalue weighted by Crippen LogP contribution is -2.49. The SMILES string of the molecule is CN(CCc1ccccc1)C1CCC(c2cccc(O)c2)(N(C)Cc2ccccc2)CC1. The van der Waals surface area contributed by atoms with Crippen molar-refractivity contribution in [3.8, 4) is 5.75 Å². The summed E-state index contributed by atoms with van der Waals surface area (Å²) in [5, 5.41) is 10.2. The van der Waals surface area contributed by atoms with Gasteiger partial charge in [0.25, 0.3) is 0 Å². The van der Waals surface area contributed by atoms with E-state index in [0.717, 1.165) is 32.4 Å². The van der Waals surface area contributed by atoms with E-state index in [1.807, 2.05) is 12.1 Å². The van der Waals surface area contributed by atoms with Crippen LogP contribution in [0.4, 0.5) is 0 Å². The van der Waals surface area contributed by atoms with Crippen molar-refractivity contribution in [1.29, 1.82) is 0 Å². The van der Waals surface area contributed by atoms with Crippen molar-refractivity contribution >= 4 is 0 Å². The molecule has 0 saturated heterocycles. The van der Waals surface area contributed by atoms with Gasteiger partial charge >= 0.3 is 0 Å². The quantitative estimate of drug-likeness (QED) is 0.488. The monoisotopic (exact) mass is 428 g/mol. The summed E-state index contributed by atoms with van der Waals surface area (Å²) in [4.78, 5) is 5.06. The molecule has 3 aromatic carbocycles. The van der Waals surface area contributed by atoms with Gasteiger partial charge in [-0.2, -0.15) is 0 Å². The number of phenolic OH excluding ortho intramolecular Hbond substituents is 1. The molecular formula is C29H36N2O. The van der Waals surface area contributed by atoms with Crippen LogP contribution in [0.2, 0.25) is 0 Å². The number of likely N-dealkylation sites (N-methyl/N-ethyl adjacent to an activating group) is 1. The second kappa shape index (κ2) is 10.3. The summed E-state index contributed by atoms with van der Waals surface area (Å²) in [5.74, 6) is 0.358. The predicted octanol–water partition coefficient (Wildman–Crippen LogP) is 5.84. The summed E-state index contributed by atoms with van der Waals surface area (Å²) < 4.78 is 0. The topological polar surface area (TPSA) is 26.7 Å². The highest BCUT2D eigenvalue weighted by Gasteiger charge is 2.41. The second-order valence-corrected chi connectivity index (χ2v) is 9.37. The van der Waals surface area contributed by atoms with E-state index in [0.29, 0.717) is 11.8 Å². The highest BCUT2D eigenvalue weighted by molar-refractivity contribution is 5.33. The Kier molecular flexibility index (Phi) is 7.29. The first kappa shape index (κ1) is 22.6. The van der Waals surface area contributed by atoms with Crippen LogP contribution in [-0.2, 0) is 18.5 Å². The van der Waals surface area contributed by atoms with Gasteiger partial charge in [0.15, 0.2) is 0 Å². The van der Waals surface area contributed by atoms with Gasteiger partial charge in [-0.05, 0) is 75.0 Å². The van der Waals surface area contributed by atoms with E-state index in [-0.39, 0.29) is 5.54 Å². The average Bonchev–Trinajstić information content (AvgIpc) is 2.84. The van der Waals surface area contributed by atoms with Crippen molar-refractivity contribution in [2.75, 3.05) is 20.6 Å². The highest BCUT2D eigenvalue weighted by Crippen LogP contribution is 2.44. The minimum atomic E-state index is -0.0502. The van der Waals surface area contributed by atoms with Gasteiger partial charge in [-0.1, -0.05) is 72.8 Å². The molecule has 0 aromatic heterocycles. The van der Waals surface area contributed by atoms with Crippen LogP contribution in [0.25, 0.3) is 0 Å². The molecule has 0 amide bonds. The molecule has 1 aliphatic rings. The number of hydrogen-bond acceptors (Lipinski definition) is 3. The summed E-state index contributed by atoms with van der Waals surface area (Å²) in [5.41, 5.74) is 3.93. The number of rotatable bonds is 8. The fourth-order valence-electron chi connectivity index (χ4n) is 5.35. The average molecular weight is 429 g/mol. The molecule has 0 aliphatic heterocycles. The molecule has 3 nitrogen and oxygen atoms in total. The summed E-state index contributed by atoms with van der Waals surface area (Å²) in [7, 11) is 4.53. The molecule has 0 unspecified atom stereocenters. The Bertz CT molecular complexity index is 965. The lowest BCUT2D eigenvalue weighted by atomic mass is 9.73. The number of benzene rings is 3. The highest BCUT2D eigenvalue weighted by atomic mass is 16.3. The Morgan fingerprint density at radius 1 is 0.812 bits per heavy atom. The van der Waals surface area contributed by atoms with Gasteiger partial charge in [0.1, 0.15) is 5.75 Å². The zero-order valence-electron chi connectivity index (χ0n) is 19.5. The van der Waals surface area contributed by atoms with E-state index in [4.69, 9.17) is 0 Å². The molecule has 1 aliphatic carbocycles. The van der Waals surface area contributed by atoms with Gasteiger partial charge in [-0.3, -0.25) is 4.90 Å². The number of phenols is 1. The van der Waals surface area contributed by atoms with Crippen molar-refractivity contribution in [3.05, 3.63) is 102 Å². The van der Waals surface area contributed by atoms with Crippen LogP contribution in [-0.4, -0.2) is 41.6 Å². The third-order valence-corrected chi connectivity index (χ3v) is 7.38. The molecule has 0 heterocycles. The Morgan fingerprint density at radius 2 is 1.44 bits per heavy atom. The van der Waals surface area contributed by atoms with Crippen molar-refractivity contribution in [2.24, 2.45) is 0 Å². The third kappa shape index (κ3) is 5.23. The molecule has 168 valence electrons. The summed E-state index contributed by atoms with van der Waals surface area (Å²) in [6.07, 6.45) is 5.62. The van der Waals surface area contributed by atoms with E-state index in [9.17, 15) is 5.11 Å². The molecule has 3 aromatic rings. The van der Waals surface area contributed by atoms with Crippen molar-refractivity contribution in [3.63, 3.8) is 0 Å². The van der Waals surface area contributed by atoms with Gasteiger partial charge in [-0.15, -0.1) is 0 Å². The van der Waals surface area contributed by atoms with Gasteiger partial charge < -0.3 is 10.0 Å². The van der Waals surface area contributed by atoms with Crippen LogP contribution in [0, 0.1) is 0 Å². The van der Waals surface area contributed by atoms with Gasteiger partial charge in [0, 0.05) is 24.7 Å². The molecule has 1 N–H and O–H groups in total. The maximum atomic E-state index is 10.2. The van der Waals surface area contributed by atoms with Crippen molar-refractivity contribution < 1.29 is 5.11 Å². The third-order valence-electron chi connectivity index (χ3n) is 7.38. The fraction of sp³-hybridized carbons (Fsp3) is 0.379. The van der Waals surface area contributed by atoms with E-state index < -0.39 is 0 Å². The van der Waals surface area contributed by atoms with Gasteiger partial charge in [0.2, 0.25) is 0 Å². The summed E-state index contributed by atoms with van der Waals surface area (Å²) in [6.45, 7) is 2.00. The van der Waals surface area contributed by atoms with Gasteiger partial charge in [-0.25, -0.2) is 0 Å². The number of aromatic hydroxyl groups is 1. The first-order chi connectivity index (χ1) is 15.6. The fourth-order valence-corrected chi connectivity index (χ4v) is 5.35. The van der Waals surface area contributed by atoms with Crippen LogP contribution in [0.15, 0.2) is 84.9 Å². The molecule has 0 atom stereocenters. The maximum Gasteiger partial charge on any atom is 0.115 e. The van der Waals surface area contributed by atoms with Crippen LogP contribution in [0.5, 0.6) is 5.75 Å². The predicted molar refractivity (Wildman–Crippen MR) is 133 cm³/mol. The first-order valence-electron chi connectivity index (χ1n) is 11.9. The van der Waals surface area contributed by atoms with Crippen LogP contribution in [0.1, 0.15) is 42.4 Å². The molecule has 1 saturated carbocycles. The van der Waals surface area contributed by atoms with E-state index >= 15 is 0 Å². The van der Waals surface area contributed by atoms with E-state index in [1.165, 1.54) is 29.5 Å². The Morgan fingerprint density at radius 3 is 2.06 bits per heavy atom. The number of nitrogens with zero attached hydrogens (tertiary/aromatic N) is 2. The van der Waals surface area contributed by atoms with Crippen LogP contribution < -0.4 is 0 Å². The summed E-state index contributed by atoms with van der Waals surface area (Å²) in [6, 6.07) is 30.0. The normalized spacial score (nSPS) is 21.2. The minimum absolute atomic E-state index is 0.0502. The molecule has 0 radical (unpaired) electrons. The Balaban J connectivity index is 1.47. The molecule has 4 rings (SSSR count). The lowest BCUT2D eigenvalue weighted by molar-refractivity contribution is 0.0343. The van der Waals surface area contributed by atoms with Gasteiger partial charge in [0.05, 0.1) is 0 Å². The molecule has 32 heavy (non-hydrogen) atoms. The van der Waals surface area contributed by atoms with Crippen molar-refractivity contribution in [2.45, 2.75) is 50.2 Å². The molecule has 0 bridgehead atoms. The smallest absolute Gasteiger partial charge is 0.115 e. The molecule has 3 heteroatoms. The largest absolute Gasteiger partial charge is 0.508 e. The summed E-state index contributed by atoms with van der Waals surface area (Å²) >= 11 is 0. The minimum Gasteiger partial charge on any atom is -0.508 e. The zero-order valence-corrected chi connectivity index (χ0v) is 19.5. The van der Waals surface area contributed by atoms with Crippen LogP contribution >= 0.6 is 0 Å². The molecule has 1 fully saturated rings.